The van der Waals surface area contributed by atoms with Crippen molar-refractivity contribution < 1.29 is 8.78 Å². The molecule has 0 N–H and O–H groups in total. The van der Waals surface area contributed by atoms with Crippen molar-refractivity contribution in [2.24, 2.45) is 11.8 Å². The second kappa shape index (κ2) is 8.79. The van der Waals surface area contributed by atoms with Crippen LogP contribution in [0.25, 0.3) is 0 Å². The van der Waals surface area contributed by atoms with Gasteiger partial charge in [-0.25, -0.2) is 8.78 Å². The van der Waals surface area contributed by atoms with Gasteiger partial charge in [0.1, 0.15) is 11.6 Å². The topological polar surface area (TPSA) is 0 Å². The highest BCUT2D eigenvalue weighted by atomic mass is 19.1. The molecule has 1 saturated carbocycles. The van der Waals surface area contributed by atoms with Gasteiger partial charge in [-0.15, -0.1) is 0 Å². The maximum Gasteiger partial charge on any atom is 0.129 e. The molecule has 0 aliphatic heterocycles. The average Bonchev–Trinajstić information content (AvgIpc) is 2.64. The molecule has 0 radical (unpaired) electrons. The molecule has 2 heteroatoms. The maximum atomic E-state index is 13.6. The van der Waals surface area contributed by atoms with Gasteiger partial charge in [-0.3, -0.25) is 0 Å². The fourth-order valence-electron chi connectivity index (χ4n) is 3.99. The molecule has 0 spiro atoms. The van der Waals surface area contributed by atoms with Crippen LogP contribution in [0, 0.1) is 30.4 Å². The lowest BCUT2D eigenvalue weighted by Gasteiger charge is -2.26. The molecule has 0 nitrogen and oxygen atoms in total. The summed E-state index contributed by atoms with van der Waals surface area (Å²) < 4.78 is 27.3. The van der Waals surface area contributed by atoms with Crippen molar-refractivity contribution in [2.45, 2.75) is 65.2 Å². The van der Waals surface area contributed by atoms with Crippen molar-refractivity contribution in [3.05, 3.63) is 70.3 Å². The largest absolute Gasteiger partial charge is 0.207 e. The molecule has 0 bridgehead atoms. The third-order valence-electron chi connectivity index (χ3n) is 6.04. The number of rotatable bonds is 6. The zero-order chi connectivity index (χ0) is 18.5. The number of halogens is 2. The van der Waals surface area contributed by atoms with E-state index in [9.17, 15) is 8.78 Å². The molecule has 1 aliphatic rings. The van der Waals surface area contributed by atoms with Gasteiger partial charge in [0.05, 0.1) is 0 Å². The molecular weight excluding hydrogens is 326 g/mol. The molecule has 0 atom stereocenters. The lowest BCUT2D eigenvalue weighted by Crippen LogP contribution is -2.12. The van der Waals surface area contributed by atoms with E-state index in [0.717, 1.165) is 30.2 Å². The van der Waals surface area contributed by atoms with Gasteiger partial charge < -0.3 is 0 Å². The number of aryl methyl sites for hydroxylation is 3. The summed E-state index contributed by atoms with van der Waals surface area (Å²) in [5, 5.41) is 0. The molecule has 0 aromatic heterocycles. The molecule has 3 rings (SSSR count). The van der Waals surface area contributed by atoms with Crippen LogP contribution in [0.5, 0.6) is 0 Å². The van der Waals surface area contributed by atoms with E-state index >= 15 is 0 Å². The van der Waals surface area contributed by atoms with Gasteiger partial charge in [-0.05, 0) is 73.3 Å². The Kier molecular flexibility index (Phi) is 6.45. The lowest BCUT2D eigenvalue weighted by molar-refractivity contribution is 0.278. The van der Waals surface area contributed by atoms with Crippen LogP contribution in [0.2, 0.25) is 0 Å². The summed E-state index contributed by atoms with van der Waals surface area (Å²) in [5.41, 5.74) is 3.45. The van der Waals surface area contributed by atoms with Crippen LogP contribution in [0.4, 0.5) is 8.78 Å². The summed E-state index contributed by atoms with van der Waals surface area (Å²) in [6, 6.07) is 11.7. The SMILES string of the molecule is Cc1c(F)cc(CCc2ccc(CCC3CCC(C)CC3)cc2)cc1F. The highest BCUT2D eigenvalue weighted by molar-refractivity contribution is 5.27. The van der Waals surface area contributed by atoms with E-state index in [-0.39, 0.29) is 5.56 Å². The summed E-state index contributed by atoms with van der Waals surface area (Å²) in [6.45, 7) is 3.84. The Hall–Kier alpha value is -1.70. The zero-order valence-corrected chi connectivity index (χ0v) is 16.0. The highest BCUT2D eigenvalue weighted by Gasteiger charge is 2.17. The van der Waals surface area contributed by atoms with Gasteiger partial charge in [0.25, 0.3) is 0 Å². The van der Waals surface area contributed by atoms with E-state index < -0.39 is 11.6 Å². The first kappa shape index (κ1) is 19.1. The molecule has 0 unspecified atom stereocenters. The number of hydrogen-bond acceptors (Lipinski definition) is 0. The highest BCUT2D eigenvalue weighted by Crippen LogP contribution is 2.31. The van der Waals surface area contributed by atoms with Crippen molar-refractivity contribution >= 4 is 0 Å². The standard InChI is InChI=1S/C24H30F2/c1-17-3-5-19(6-4-17)7-8-20-9-11-21(12-10-20)13-14-22-15-23(25)18(2)24(26)16-22/h9-12,15-17,19H,3-8,13-14H2,1-2H3. The minimum atomic E-state index is -0.451. The Morgan fingerprint density at radius 1 is 0.769 bits per heavy atom. The lowest BCUT2D eigenvalue weighted by atomic mass is 9.80. The predicted octanol–water partition coefficient (Wildman–Crippen LogP) is 6.82. The molecule has 2 aromatic carbocycles. The van der Waals surface area contributed by atoms with E-state index in [2.05, 4.69) is 31.2 Å². The first-order valence-corrected chi connectivity index (χ1v) is 10.0. The predicted molar refractivity (Wildman–Crippen MR) is 104 cm³/mol. The van der Waals surface area contributed by atoms with Crippen LogP contribution >= 0.6 is 0 Å². The van der Waals surface area contributed by atoms with Crippen LogP contribution in [0.1, 0.15) is 61.3 Å². The van der Waals surface area contributed by atoms with Gasteiger partial charge in [0.15, 0.2) is 0 Å². The van der Waals surface area contributed by atoms with Gasteiger partial charge in [0.2, 0.25) is 0 Å². The molecule has 26 heavy (non-hydrogen) atoms. The molecule has 1 aliphatic carbocycles. The smallest absolute Gasteiger partial charge is 0.129 e. The monoisotopic (exact) mass is 356 g/mol. The van der Waals surface area contributed by atoms with E-state index in [4.69, 9.17) is 0 Å². The van der Waals surface area contributed by atoms with Crippen LogP contribution in [0.3, 0.4) is 0 Å². The van der Waals surface area contributed by atoms with Gasteiger partial charge in [-0.2, -0.15) is 0 Å². The Morgan fingerprint density at radius 3 is 1.85 bits per heavy atom. The summed E-state index contributed by atoms with van der Waals surface area (Å²) >= 11 is 0. The quantitative estimate of drug-likeness (QED) is 0.533. The van der Waals surface area contributed by atoms with Crippen LogP contribution in [-0.2, 0) is 19.3 Å². The van der Waals surface area contributed by atoms with Crippen molar-refractivity contribution in [1.29, 1.82) is 0 Å². The van der Waals surface area contributed by atoms with Crippen LogP contribution < -0.4 is 0 Å². The number of hydrogen-bond donors (Lipinski definition) is 0. The maximum absolute atomic E-state index is 13.6. The van der Waals surface area contributed by atoms with E-state index in [1.165, 1.54) is 62.3 Å². The zero-order valence-electron chi connectivity index (χ0n) is 16.0. The minimum absolute atomic E-state index is 0.102. The van der Waals surface area contributed by atoms with Crippen molar-refractivity contribution in [1.82, 2.24) is 0 Å². The summed E-state index contributed by atoms with van der Waals surface area (Å²) in [4.78, 5) is 0. The minimum Gasteiger partial charge on any atom is -0.207 e. The third kappa shape index (κ3) is 5.16. The van der Waals surface area contributed by atoms with E-state index in [1.807, 2.05) is 0 Å². The molecule has 1 fully saturated rings. The van der Waals surface area contributed by atoms with Gasteiger partial charge in [0, 0.05) is 5.56 Å². The number of benzene rings is 2. The van der Waals surface area contributed by atoms with Gasteiger partial charge >= 0.3 is 0 Å². The van der Waals surface area contributed by atoms with Crippen LogP contribution in [-0.4, -0.2) is 0 Å². The Balaban J connectivity index is 1.48. The second-order valence-corrected chi connectivity index (χ2v) is 8.17. The fourth-order valence-corrected chi connectivity index (χ4v) is 3.99. The second-order valence-electron chi connectivity index (χ2n) is 8.17. The summed E-state index contributed by atoms with van der Waals surface area (Å²) in [5.74, 6) is 0.915. The molecular formula is C24H30F2. The van der Waals surface area contributed by atoms with Crippen molar-refractivity contribution in [2.75, 3.05) is 0 Å². The molecule has 140 valence electrons. The summed E-state index contributed by atoms with van der Waals surface area (Å²) in [7, 11) is 0. The van der Waals surface area contributed by atoms with Crippen LogP contribution in [0.15, 0.2) is 36.4 Å². The van der Waals surface area contributed by atoms with Crippen molar-refractivity contribution in [3.8, 4) is 0 Å². The Labute approximate surface area is 156 Å². The van der Waals surface area contributed by atoms with Crippen molar-refractivity contribution in [3.63, 3.8) is 0 Å². The Bertz CT molecular complexity index is 686. The fraction of sp³-hybridized carbons (Fsp3) is 0.500. The normalized spacial score (nSPS) is 20.3. The average molecular weight is 357 g/mol. The van der Waals surface area contributed by atoms with Gasteiger partial charge in [-0.1, -0.05) is 56.9 Å². The summed E-state index contributed by atoms with van der Waals surface area (Å²) in [6.07, 6.45) is 9.50. The first-order chi connectivity index (χ1) is 12.5. The third-order valence-corrected chi connectivity index (χ3v) is 6.04. The first-order valence-electron chi connectivity index (χ1n) is 10.0. The van der Waals surface area contributed by atoms with E-state index in [0.29, 0.717) is 6.42 Å². The Morgan fingerprint density at radius 2 is 1.27 bits per heavy atom. The molecule has 0 heterocycles. The molecule has 0 amide bonds. The molecule has 2 aromatic rings. The van der Waals surface area contributed by atoms with E-state index in [1.54, 1.807) is 0 Å². The molecule has 0 saturated heterocycles.